The third kappa shape index (κ3) is 2.66. The number of aliphatic hydroxyl groups excluding tert-OH is 1. The molecule has 1 aliphatic rings. The summed E-state index contributed by atoms with van der Waals surface area (Å²) in [5.41, 5.74) is 1.08. The van der Waals surface area contributed by atoms with Gasteiger partial charge in [-0.15, -0.1) is 11.3 Å². The minimum atomic E-state index is -0.354. The van der Waals surface area contributed by atoms with Crippen molar-refractivity contribution in [2.45, 2.75) is 30.8 Å². The van der Waals surface area contributed by atoms with Crippen LogP contribution in [0.3, 0.4) is 0 Å². The molecule has 3 rings (SSSR count). The Bertz CT molecular complexity index is 515. The van der Waals surface area contributed by atoms with Gasteiger partial charge >= 0.3 is 0 Å². The standard InChI is InChI=1S/C17H20O2S/c18-16(13-15-7-4-12-20-15)17(8-10-19-11-9-17)14-5-2-1-3-6-14/h1-7,12,16,18H,8-11,13H2. The fraction of sp³-hybridized carbons (Fsp3) is 0.412. The summed E-state index contributed by atoms with van der Waals surface area (Å²) in [4.78, 5) is 1.25. The van der Waals surface area contributed by atoms with Crippen molar-refractivity contribution >= 4 is 11.3 Å². The molecule has 1 aliphatic heterocycles. The molecule has 106 valence electrons. The van der Waals surface area contributed by atoms with Gasteiger partial charge in [0.1, 0.15) is 0 Å². The van der Waals surface area contributed by atoms with E-state index in [0.29, 0.717) is 0 Å². The van der Waals surface area contributed by atoms with Gasteiger partial charge < -0.3 is 9.84 Å². The van der Waals surface area contributed by atoms with Crippen LogP contribution in [0.15, 0.2) is 47.8 Å². The Kier molecular flexibility index (Phi) is 4.20. The third-order valence-electron chi connectivity index (χ3n) is 4.35. The van der Waals surface area contributed by atoms with Crippen molar-refractivity contribution < 1.29 is 9.84 Å². The molecule has 2 nitrogen and oxygen atoms in total. The van der Waals surface area contributed by atoms with Gasteiger partial charge in [0.25, 0.3) is 0 Å². The first-order valence-electron chi connectivity index (χ1n) is 7.15. The van der Waals surface area contributed by atoms with Crippen LogP contribution in [0.25, 0.3) is 0 Å². The van der Waals surface area contributed by atoms with E-state index in [4.69, 9.17) is 4.74 Å². The molecular weight excluding hydrogens is 268 g/mol. The molecule has 0 saturated carbocycles. The van der Waals surface area contributed by atoms with Crippen molar-refractivity contribution in [1.29, 1.82) is 0 Å². The van der Waals surface area contributed by atoms with Crippen molar-refractivity contribution in [3.63, 3.8) is 0 Å². The van der Waals surface area contributed by atoms with Gasteiger partial charge in [0.05, 0.1) is 6.10 Å². The summed E-state index contributed by atoms with van der Waals surface area (Å²) in [6.07, 6.45) is 2.16. The molecule has 2 heterocycles. The third-order valence-corrected chi connectivity index (χ3v) is 5.24. The smallest absolute Gasteiger partial charge is 0.0686 e. The maximum atomic E-state index is 10.9. The molecule has 1 atom stereocenters. The summed E-state index contributed by atoms with van der Waals surface area (Å²) >= 11 is 1.72. The Hall–Kier alpha value is -1.16. The van der Waals surface area contributed by atoms with Gasteiger partial charge in [0.15, 0.2) is 0 Å². The minimum Gasteiger partial charge on any atom is -0.392 e. The number of aliphatic hydroxyl groups is 1. The second-order valence-corrected chi connectivity index (χ2v) is 6.47. The second kappa shape index (κ2) is 6.08. The Balaban J connectivity index is 1.89. The van der Waals surface area contributed by atoms with Crippen LogP contribution in [0.4, 0.5) is 0 Å². The molecule has 1 N–H and O–H groups in total. The molecule has 1 fully saturated rings. The van der Waals surface area contributed by atoms with E-state index in [1.54, 1.807) is 11.3 Å². The zero-order chi connectivity index (χ0) is 13.8. The van der Waals surface area contributed by atoms with Gasteiger partial charge in [-0.2, -0.15) is 0 Å². The summed E-state index contributed by atoms with van der Waals surface area (Å²) in [5.74, 6) is 0. The number of rotatable bonds is 4. The Labute approximate surface area is 124 Å². The molecule has 20 heavy (non-hydrogen) atoms. The van der Waals surface area contributed by atoms with Gasteiger partial charge in [-0.25, -0.2) is 0 Å². The lowest BCUT2D eigenvalue weighted by molar-refractivity contribution is -0.0151. The predicted octanol–water partition coefficient (Wildman–Crippen LogP) is 3.40. The highest BCUT2D eigenvalue weighted by Crippen LogP contribution is 2.39. The van der Waals surface area contributed by atoms with E-state index in [9.17, 15) is 5.11 Å². The van der Waals surface area contributed by atoms with Crippen molar-refractivity contribution in [2.24, 2.45) is 0 Å². The van der Waals surface area contributed by atoms with Crippen molar-refractivity contribution in [2.75, 3.05) is 13.2 Å². The van der Waals surface area contributed by atoms with Crippen molar-refractivity contribution in [3.05, 3.63) is 58.3 Å². The number of benzene rings is 1. The van der Waals surface area contributed by atoms with E-state index in [1.807, 2.05) is 12.1 Å². The van der Waals surface area contributed by atoms with Crippen LogP contribution in [0.1, 0.15) is 23.3 Å². The highest BCUT2D eigenvalue weighted by atomic mass is 32.1. The predicted molar refractivity (Wildman–Crippen MR) is 82.2 cm³/mol. The van der Waals surface area contributed by atoms with Crippen molar-refractivity contribution in [1.82, 2.24) is 0 Å². The summed E-state index contributed by atoms with van der Waals surface area (Å²) in [5, 5.41) is 13.0. The van der Waals surface area contributed by atoms with E-state index >= 15 is 0 Å². The molecule has 0 bridgehead atoms. The van der Waals surface area contributed by atoms with Crippen LogP contribution in [0.2, 0.25) is 0 Å². The van der Waals surface area contributed by atoms with Gasteiger partial charge in [0.2, 0.25) is 0 Å². The first-order chi connectivity index (χ1) is 9.81. The van der Waals surface area contributed by atoms with Crippen LogP contribution in [-0.4, -0.2) is 24.4 Å². The molecule has 1 unspecified atom stereocenters. The maximum absolute atomic E-state index is 10.9. The Morgan fingerprint density at radius 1 is 1.10 bits per heavy atom. The second-order valence-electron chi connectivity index (χ2n) is 5.43. The normalized spacial score (nSPS) is 19.6. The molecule has 2 aromatic rings. The molecule has 1 aromatic heterocycles. The van der Waals surface area contributed by atoms with E-state index in [0.717, 1.165) is 32.5 Å². The van der Waals surface area contributed by atoms with Gasteiger partial charge in [0, 0.05) is 29.9 Å². The average molecular weight is 288 g/mol. The van der Waals surface area contributed by atoms with Crippen LogP contribution >= 0.6 is 11.3 Å². The quantitative estimate of drug-likeness (QED) is 0.934. The molecule has 0 spiro atoms. The molecular formula is C17H20O2S. The van der Waals surface area contributed by atoms with E-state index in [1.165, 1.54) is 10.4 Å². The number of hydrogen-bond acceptors (Lipinski definition) is 3. The van der Waals surface area contributed by atoms with Gasteiger partial charge in [-0.3, -0.25) is 0 Å². The van der Waals surface area contributed by atoms with Crippen LogP contribution in [0.5, 0.6) is 0 Å². The van der Waals surface area contributed by atoms with E-state index in [2.05, 4.69) is 35.7 Å². The summed E-state index contributed by atoms with van der Waals surface area (Å²) in [6.45, 7) is 1.47. The summed E-state index contributed by atoms with van der Waals surface area (Å²) in [6, 6.07) is 14.6. The lowest BCUT2D eigenvalue weighted by Gasteiger charge is -2.41. The number of hydrogen-bond donors (Lipinski definition) is 1. The largest absolute Gasteiger partial charge is 0.392 e. The Morgan fingerprint density at radius 3 is 2.50 bits per heavy atom. The average Bonchev–Trinajstić information content (AvgIpc) is 3.02. The van der Waals surface area contributed by atoms with Crippen molar-refractivity contribution in [3.8, 4) is 0 Å². The van der Waals surface area contributed by atoms with E-state index in [-0.39, 0.29) is 11.5 Å². The fourth-order valence-electron chi connectivity index (χ4n) is 3.13. The Morgan fingerprint density at radius 2 is 1.85 bits per heavy atom. The molecule has 1 aromatic carbocycles. The lowest BCUT2D eigenvalue weighted by Crippen LogP contribution is -2.45. The topological polar surface area (TPSA) is 29.5 Å². The highest BCUT2D eigenvalue weighted by Gasteiger charge is 2.41. The fourth-order valence-corrected chi connectivity index (χ4v) is 3.88. The summed E-state index contributed by atoms with van der Waals surface area (Å²) < 4.78 is 5.52. The molecule has 0 aliphatic carbocycles. The number of ether oxygens (including phenoxy) is 1. The zero-order valence-electron chi connectivity index (χ0n) is 11.5. The monoisotopic (exact) mass is 288 g/mol. The molecule has 0 radical (unpaired) electrons. The highest BCUT2D eigenvalue weighted by molar-refractivity contribution is 7.09. The van der Waals surface area contributed by atoms with Gasteiger partial charge in [-0.1, -0.05) is 36.4 Å². The first-order valence-corrected chi connectivity index (χ1v) is 8.03. The zero-order valence-corrected chi connectivity index (χ0v) is 12.3. The van der Waals surface area contributed by atoms with E-state index < -0.39 is 0 Å². The van der Waals surface area contributed by atoms with Crippen LogP contribution in [0, 0.1) is 0 Å². The SMILES string of the molecule is OC(Cc1cccs1)C1(c2ccccc2)CCOCC1. The lowest BCUT2D eigenvalue weighted by atomic mass is 9.69. The number of thiophene rings is 1. The first kappa shape index (κ1) is 13.8. The minimum absolute atomic E-state index is 0.163. The van der Waals surface area contributed by atoms with Gasteiger partial charge in [-0.05, 0) is 29.9 Å². The van der Waals surface area contributed by atoms with Crippen LogP contribution in [-0.2, 0) is 16.6 Å². The van der Waals surface area contributed by atoms with Crippen LogP contribution < -0.4 is 0 Å². The molecule has 0 amide bonds. The maximum Gasteiger partial charge on any atom is 0.0686 e. The summed E-state index contributed by atoms with van der Waals surface area (Å²) in [7, 11) is 0. The molecule has 1 saturated heterocycles. The molecule has 3 heteroatoms.